The van der Waals surface area contributed by atoms with Gasteiger partial charge in [0.15, 0.2) is 5.96 Å². The van der Waals surface area contributed by atoms with E-state index in [1.54, 1.807) is 6.33 Å². The summed E-state index contributed by atoms with van der Waals surface area (Å²) in [6.07, 6.45) is 3.67. The summed E-state index contributed by atoms with van der Waals surface area (Å²) in [6.45, 7) is 7.69. The van der Waals surface area contributed by atoms with E-state index in [9.17, 15) is 0 Å². The average molecular weight is 422 g/mol. The fourth-order valence-electron chi connectivity index (χ4n) is 2.50. The first-order valence-corrected chi connectivity index (χ1v) is 7.74. The molecule has 2 heterocycles. The van der Waals surface area contributed by atoms with Crippen LogP contribution >= 0.6 is 24.0 Å². The van der Waals surface area contributed by atoms with Crippen LogP contribution in [-0.2, 0) is 0 Å². The van der Waals surface area contributed by atoms with Crippen LogP contribution in [0.3, 0.4) is 0 Å². The molecule has 1 aliphatic heterocycles. The summed E-state index contributed by atoms with van der Waals surface area (Å²) in [5, 5.41) is 19.3. The molecule has 7 nitrogen and oxygen atoms in total. The van der Waals surface area contributed by atoms with Crippen LogP contribution < -0.4 is 5.32 Å². The maximum Gasteiger partial charge on any atom is 0.193 e. The summed E-state index contributed by atoms with van der Waals surface area (Å²) in [5.74, 6) is 2.60. The molecule has 0 bridgehead atoms. The molecule has 1 atom stereocenters. The Kier molecular flexibility index (Phi) is 8.69. The highest BCUT2D eigenvalue weighted by molar-refractivity contribution is 14.0. The fraction of sp³-hybridized carbons (Fsp3) is 0.786. The lowest BCUT2D eigenvalue weighted by Gasteiger charge is -2.33. The van der Waals surface area contributed by atoms with Crippen molar-refractivity contribution in [3.05, 3.63) is 12.2 Å². The maximum atomic E-state index is 9.11. The second-order valence-corrected chi connectivity index (χ2v) is 5.61. The first-order chi connectivity index (χ1) is 10.2. The summed E-state index contributed by atoms with van der Waals surface area (Å²) in [4.78, 5) is 11.2. The van der Waals surface area contributed by atoms with Gasteiger partial charge in [0.25, 0.3) is 0 Å². The SMILES string of the molecule is CCNC(=NCC(C)CO)N1CCC(c2ncn[nH]2)CC1.I. The smallest absolute Gasteiger partial charge is 0.193 e. The number of nitrogens with zero attached hydrogens (tertiary/aromatic N) is 4. The Bertz CT molecular complexity index is 431. The van der Waals surface area contributed by atoms with Crippen LogP contribution in [0, 0.1) is 5.92 Å². The van der Waals surface area contributed by atoms with Gasteiger partial charge in [-0.25, -0.2) is 4.98 Å². The van der Waals surface area contributed by atoms with Crippen LogP contribution in [0.2, 0.25) is 0 Å². The number of aliphatic imine (C=N–C) groups is 1. The number of likely N-dealkylation sites (tertiary alicyclic amines) is 1. The molecule has 1 aromatic rings. The lowest BCUT2D eigenvalue weighted by Crippen LogP contribution is -2.45. The van der Waals surface area contributed by atoms with E-state index >= 15 is 0 Å². The largest absolute Gasteiger partial charge is 0.396 e. The molecule has 1 saturated heterocycles. The van der Waals surface area contributed by atoms with Gasteiger partial charge in [0.1, 0.15) is 12.2 Å². The van der Waals surface area contributed by atoms with Crippen LogP contribution in [0.4, 0.5) is 0 Å². The second-order valence-electron chi connectivity index (χ2n) is 5.61. The third kappa shape index (κ3) is 5.38. The summed E-state index contributed by atoms with van der Waals surface area (Å²) in [7, 11) is 0. The van der Waals surface area contributed by atoms with E-state index in [1.807, 2.05) is 6.92 Å². The first kappa shape index (κ1) is 19.1. The topological polar surface area (TPSA) is 89.4 Å². The van der Waals surface area contributed by atoms with Crippen molar-refractivity contribution in [2.45, 2.75) is 32.6 Å². The highest BCUT2D eigenvalue weighted by atomic mass is 127. The Morgan fingerprint density at radius 3 is 2.82 bits per heavy atom. The summed E-state index contributed by atoms with van der Waals surface area (Å²) in [6, 6.07) is 0. The molecule has 1 unspecified atom stereocenters. The van der Waals surface area contributed by atoms with Crippen molar-refractivity contribution in [2.24, 2.45) is 10.9 Å². The second kappa shape index (κ2) is 9.98. The molecule has 2 rings (SSSR count). The molecule has 0 spiro atoms. The standard InChI is InChI=1S/C14H26N6O.HI/c1-3-15-14(16-8-11(2)9-21)20-6-4-12(5-7-20)13-17-10-18-19-13;/h10-12,21H,3-9H2,1-2H3,(H,15,16)(H,17,18,19);1H. The van der Waals surface area contributed by atoms with Crippen LogP contribution in [0.5, 0.6) is 0 Å². The number of aliphatic hydroxyl groups excluding tert-OH is 1. The molecule has 0 aromatic carbocycles. The number of rotatable bonds is 5. The van der Waals surface area contributed by atoms with E-state index in [4.69, 9.17) is 5.11 Å². The van der Waals surface area contributed by atoms with Gasteiger partial charge in [-0.15, -0.1) is 24.0 Å². The number of piperidine rings is 1. The van der Waals surface area contributed by atoms with Crippen molar-refractivity contribution in [1.29, 1.82) is 0 Å². The van der Waals surface area contributed by atoms with Crippen molar-refractivity contribution < 1.29 is 5.11 Å². The zero-order valence-corrected chi connectivity index (χ0v) is 15.7. The molecular formula is C14H27IN6O. The number of halogens is 1. The average Bonchev–Trinajstić information content (AvgIpc) is 3.05. The predicted molar refractivity (Wildman–Crippen MR) is 97.6 cm³/mol. The monoisotopic (exact) mass is 422 g/mol. The van der Waals surface area contributed by atoms with Gasteiger partial charge in [-0.1, -0.05) is 6.92 Å². The Hall–Kier alpha value is -0.900. The Morgan fingerprint density at radius 1 is 1.55 bits per heavy atom. The molecule has 8 heteroatoms. The quantitative estimate of drug-likeness (QED) is 0.377. The number of H-pyrrole nitrogens is 1. The van der Waals surface area contributed by atoms with E-state index < -0.39 is 0 Å². The molecule has 0 saturated carbocycles. The molecule has 0 radical (unpaired) electrons. The van der Waals surface area contributed by atoms with Crippen molar-refractivity contribution in [2.75, 3.05) is 32.8 Å². The Balaban J connectivity index is 0.00000242. The third-order valence-corrected chi connectivity index (χ3v) is 3.81. The molecular weight excluding hydrogens is 395 g/mol. The van der Waals surface area contributed by atoms with E-state index in [2.05, 4.69) is 37.3 Å². The van der Waals surface area contributed by atoms with Crippen LogP contribution in [0.15, 0.2) is 11.3 Å². The molecule has 1 aromatic heterocycles. The van der Waals surface area contributed by atoms with Crippen molar-refractivity contribution in [1.82, 2.24) is 25.4 Å². The number of nitrogens with one attached hydrogen (secondary N) is 2. The lowest BCUT2D eigenvalue weighted by atomic mass is 9.96. The Morgan fingerprint density at radius 2 is 2.27 bits per heavy atom. The molecule has 1 aliphatic rings. The highest BCUT2D eigenvalue weighted by Crippen LogP contribution is 2.24. The molecule has 3 N–H and O–H groups in total. The highest BCUT2D eigenvalue weighted by Gasteiger charge is 2.24. The van der Waals surface area contributed by atoms with Crippen molar-refractivity contribution in [3.63, 3.8) is 0 Å². The normalized spacial score (nSPS) is 18.0. The van der Waals surface area contributed by atoms with Crippen LogP contribution in [-0.4, -0.2) is 63.9 Å². The van der Waals surface area contributed by atoms with Gasteiger partial charge in [-0.2, -0.15) is 5.10 Å². The van der Waals surface area contributed by atoms with Crippen molar-refractivity contribution >= 4 is 29.9 Å². The first-order valence-electron chi connectivity index (χ1n) is 7.74. The zero-order chi connectivity index (χ0) is 15.1. The minimum atomic E-state index is 0. The zero-order valence-electron chi connectivity index (χ0n) is 13.3. The maximum absolute atomic E-state index is 9.11. The number of aliphatic hydroxyl groups is 1. The van der Waals surface area contributed by atoms with Gasteiger partial charge in [0.05, 0.1) is 0 Å². The van der Waals surface area contributed by atoms with Crippen molar-refractivity contribution in [3.8, 4) is 0 Å². The van der Waals surface area contributed by atoms with Gasteiger partial charge in [0, 0.05) is 38.7 Å². The molecule has 0 aliphatic carbocycles. The lowest BCUT2D eigenvalue weighted by molar-refractivity contribution is 0.240. The minimum Gasteiger partial charge on any atom is -0.396 e. The molecule has 1 fully saturated rings. The van der Waals surface area contributed by atoms with Gasteiger partial charge >= 0.3 is 0 Å². The number of aromatic amines is 1. The van der Waals surface area contributed by atoms with E-state index in [1.165, 1.54) is 0 Å². The van der Waals surface area contributed by atoms with E-state index in [0.29, 0.717) is 12.5 Å². The van der Waals surface area contributed by atoms with Crippen LogP contribution in [0.25, 0.3) is 0 Å². The van der Waals surface area contributed by atoms with Gasteiger partial charge in [-0.05, 0) is 25.7 Å². The molecule has 0 amide bonds. The number of hydrogen-bond donors (Lipinski definition) is 3. The third-order valence-electron chi connectivity index (χ3n) is 3.81. The van der Waals surface area contributed by atoms with E-state index in [0.717, 1.165) is 44.3 Å². The minimum absolute atomic E-state index is 0. The Labute approximate surface area is 149 Å². The molecule has 22 heavy (non-hydrogen) atoms. The number of aromatic nitrogens is 3. The van der Waals surface area contributed by atoms with Gasteiger partial charge in [0.2, 0.25) is 0 Å². The molecule has 126 valence electrons. The predicted octanol–water partition coefficient (Wildman–Crippen LogP) is 1.20. The van der Waals surface area contributed by atoms with Crippen LogP contribution in [0.1, 0.15) is 38.4 Å². The number of hydrogen-bond acceptors (Lipinski definition) is 4. The summed E-state index contributed by atoms with van der Waals surface area (Å²) >= 11 is 0. The van der Waals surface area contributed by atoms with E-state index in [-0.39, 0.29) is 36.5 Å². The summed E-state index contributed by atoms with van der Waals surface area (Å²) < 4.78 is 0. The fourth-order valence-corrected chi connectivity index (χ4v) is 2.50. The number of guanidine groups is 1. The van der Waals surface area contributed by atoms with Gasteiger partial charge in [-0.3, -0.25) is 10.1 Å². The summed E-state index contributed by atoms with van der Waals surface area (Å²) in [5.41, 5.74) is 0. The van der Waals surface area contributed by atoms with Gasteiger partial charge < -0.3 is 15.3 Å².